The molecule has 0 heterocycles. The highest BCUT2D eigenvalue weighted by atomic mass is 19.1. The summed E-state index contributed by atoms with van der Waals surface area (Å²) in [5.74, 6) is 0.328. The number of hydrogen-bond acceptors (Lipinski definition) is 3. The van der Waals surface area contributed by atoms with E-state index in [9.17, 15) is 9.18 Å². The van der Waals surface area contributed by atoms with Gasteiger partial charge < -0.3 is 4.74 Å². The summed E-state index contributed by atoms with van der Waals surface area (Å²) in [5.41, 5.74) is 0.898. The zero-order chi connectivity index (χ0) is 17.5. The summed E-state index contributed by atoms with van der Waals surface area (Å²) in [5, 5.41) is 0. The lowest BCUT2D eigenvalue weighted by Gasteiger charge is -2.35. The van der Waals surface area contributed by atoms with Gasteiger partial charge in [-0.2, -0.15) is 0 Å². The first kappa shape index (κ1) is 18.4. The van der Waals surface area contributed by atoms with Gasteiger partial charge in [-0.3, -0.25) is 9.38 Å². The van der Waals surface area contributed by atoms with Crippen LogP contribution >= 0.6 is 0 Å². The van der Waals surface area contributed by atoms with E-state index in [1.54, 1.807) is 0 Å². The van der Waals surface area contributed by atoms with Crippen LogP contribution in [0.1, 0.15) is 73.6 Å². The van der Waals surface area contributed by atoms with E-state index in [1.807, 2.05) is 20.8 Å². The van der Waals surface area contributed by atoms with Crippen molar-refractivity contribution in [2.45, 2.75) is 85.3 Å². The average Bonchev–Trinajstić information content (AvgIpc) is 2.74. The van der Waals surface area contributed by atoms with Gasteiger partial charge >= 0.3 is 5.97 Å². The summed E-state index contributed by atoms with van der Waals surface area (Å²) in [4.78, 5) is 17.3. The number of hydrogen-bond donors (Lipinski definition) is 0. The van der Waals surface area contributed by atoms with Crippen molar-refractivity contribution in [3.8, 4) is 0 Å². The molecule has 0 saturated heterocycles. The Balaban J connectivity index is 2.22. The SMILES string of the molecule is CC(C)(C)OC(=O)[C@@H](CCCF)N=C1CC2CCC1(C)C2(C)C. The molecule has 0 N–H and O–H groups in total. The third kappa shape index (κ3) is 3.46. The molecule has 3 atom stereocenters. The van der Waals surface area contributed by atoms with Crippen molar-refractivity contribution in [2.24, 2.45) is 21.7 Å². The Morgan fingerprint density at radius 2 is 2.04 bits per heavy atom. The van der Waals surface area contributed by atoms with Crippen molar-refractivity contribution >= 4 is 11.7 Å². The highest BCUT2D eigenvalue weighted by molar-refractivity contribution is 5.96. The van der Waals surface area contributed by atoms with Crippen molar-refractivity contribution in [2.75, 3.05) is 6.67 Å². The van der Waals surface area contributed by atoms with Crippen LogP contribution in [-0.4, -0.2) is 30.0 Å². The van der Waals surface area contributed by atoms with E-state index in [-0.39, 0.29) is 16.8 Å². The predicted molar refractivity (Wildman–Crippen MR) is 91.5 cm³/mol. The second kappa shape index (κ2) is 6.18. The second-order valence-corrected chi connectivity index (χ2v) is 8.95. The Morgan fingerprint density at radius 1 is 1.39 bits per heavy atom. The summed E-state index contributed by atoms with van der Waals surface area (Å²) >= 11 is 0. The molecule has 2 aliphatic carbocycles. The molecule has 132 valence electrons. The van der Waals surface area contributed by atoms with Gasteiger partial charge in [-0.15, -0.1) is 0 Å². The van der Waals surface area contributed by atoms with Crippen molar-refractivity contribution in [3.63, 3.8) is 0 Å². The van der Waals surface area contributed by atoms with Crippen LogP contribution in [0.3, 0.4) is 0 Å². The molecule has 0 aromatic heterocycles. The van der Waals surface area contributed by atoms with Gasteiger partial charge in [0.1, 0.15) is 11.6 Å². The number of carbonyl (C=O) groups is 1. The zero-order valence-corrected chi connectivity index (χ0v) is 15.5. The van der Waals surface area contributed by atoms with Crippen LogP contribution in [0.4, 0.5) is 4.39 Å². The average molecular weight is 325 g/mol. The first-order chi connectivity index (χ1) is 10.5. The summed E-state index contributed by atoms with van der Waals surface area (Å²) < 4.78 is 18.1. The van der Waals surface area contributed by atoms with Gasteiger partial charge in [-0.1, -0.05) is 20.8 Å². The molecular weight excluding hydrogens is 293 g/mol. The number of fused-ring (bicyclic) bond motifs is 2. The summed E-state index contributed by atoms with van der Waals surface area (Å²) in [6.07, 6.45) is 4.12. The van der Waals surface area contributed by atoms with E-state index in [1.165, 1.54) is 6.42 Å². The largest absolute Gasteiger partial charge is 0.458 e. The third-order valence-corrected chi connectivity index (χ3v) is 6.11. The number of rotatable bonds is 5. The third-order valence-electron chi connectivity index (χ3n) is 6.11. The van der Waals surface area contributed by atoms with Gasteiger partial charge in [-0.05, 0) is 64.2 Å². The van der Waals surface area contributed by atoms with E-state index in [2.05, 4.69) is 20.8 Å². The molecule has 2 saturated carbocycles. The molecule has 0 amide bonds. The second-order valence-electron chi connectivity index (χ2n) is 8.95. The first-order valence-corrected chi connectivity index (χ1v) is 8.87. The molecular formula is C19H32FNO2. The van der Waals surface area contributed by atoms with E-state index in [0.717, 1.165) is 18.6 Å². The Hall–Kier alpha value is -0.930. The Labute approximate surface area is 140 Å². The standard InChI is InChI=1S/C19H32FNO2/c1-17(2,3)23-16(22)14(8-7-11-20)21-15-12-13-9-10-19(15,6)18(13,4)5/h13-14H,7-12H2,1-6H3/t13?,14-,19?/m1/s1. The molecule has 2 aliphatic rings. The fourth-order valence-corrected chi connectivity index (χ4v) is 4.19. The molecule has 3 nitrogen and oxygen atoms in total. The summed E-state index contributed by atoms with van der Waals surface area (Å²) in [6, 6.07) is -0.563. The Kier molecular flexibility index (Phi) is 4.94. The number of carbonyl (C=O) groups excluding carboxylic acids is 1. The lowest BCUT2D eigenvalue weighted by Crippen LogP contribution is -2.36. The Morgan fingerprint density at radius 3 is 2.48 bits per heavy atom. The molecule has 0 radical (unpaired) electrons. The van der Waals surface area contributed by atoms with Gasteiger partial charge in [0.15, 0.2) is 0 Å². The molecule has 0 aromatic carbocycles. The lowest BCUT2D eigenvalue weighted by atomic mass is 9.70. The number of nitrogens with zero attached hydrogens (tertiary/aromatic N) is 1. The number of halogens is 1. The topological polar surface area (TPSA) is 38.7 Å². The minimum atomic E-state index is -0.563. The fourth-order valence-electron chi connectivity index (χ4n) is 4.19. The zero-order valence-electron chi connectivity index (χ0n) is 15.5. The van der Waals surface area contributed by atoms with Crippen molar-refractivity contribution in [1.29, 1.82) is 0 Å². The molecule has 0 aliphatic heterocycles. The van der Waals surface area contributed by atoms with Crippen LogP contribution in [-0.2, 0) is 9.53 Å². The quantitative estimate of drug-likeness (QED) is 0.685. The summed E-state index contributed by atoms with van der Waals surface area (Å²) in [7, 11) is 0. The van der Waals surface area contributed by atoms with Crippen molar-refractivity contribution in [3.05, 3.63) is 0 Å². The number of aliphatic imine (C=N–C) groups is 1. The van der Waals surface area contributed by atoms with Gasteiger partial charge in [0, 0.05) is 11.1 Å². The normalized spacial score (nSPS) is 32.3. The smallest absolute Gasteiger partial charge is 0.331 e. The fraction of sp³-hybridized carbons (Fsp3) is 0.895. The first-order valence-electron chi connectivity index (χ1n) is 8.87. The highest BCUT2D eigenvalue weighted by Crippen LogP contribution is 2.64. The van der Waals surface area contributed by atoms with Gasteiger partial charge in [-0.25, -0.2) is 4.79 Å². The highest BCUT2D eigenvalue weighted by Gasteiger charge is 2.59. The van der Waals surface area contributed by atoms with Crippen LogP contribution in [0.15, 0.2) is 4.99 Å². The monoisotopic (exact) mass is 325 g/mol. The maximum absolute atomic E-state index is 12.6. The minimum Gasteiger partial charge on any atom is -0.458 e. The van der Waals surface area contributed by atoms with Crippen molar-refractivity contribution in [1.82, 2.24) is 0 Å². The number of esters is 1. The predicted octanol–water partition coefficient (Wildman–Crippen LogP) is 4.73. The Bertz CT molecular complexity index is 492. The van der Waals surface area contributed by atoms with Crippen LogP contribution < -0.4 is 0 Å². The van der Waals surface area contributed by atoms with Crippen LogP contribution in [0, 0.1) is 16.7 Å². The van der Waals surface area contributed by atoms with Crippen LogP contribution in [0.25, 0.3) is 0 Å². The van der Waals surface area contributed by atoms with E-state index >= 15 is 0 Å². The minimum absolute atomic E-state index is 0.0631. The molecule has 0 spiro atoms. The number of ether oxygens (including phenoxy) is 1. The van der Waals surface area contributed by atoms with Gasteiger partial charge in [0.25, 0.3) is 0 Å². The molecule has 23 heavy (non-hydrogen) atoms. The summed E-state index contributed by atoms with van der Waals surface area (Å²) in [6.45, 7) is 12.1. The van der Waals surface area contributed by atoms with E-state index in [0.29, 0.717) is 18.8 Å². The van der Waals surface area contributed by atoms with E-state index in [4.69, 9.17) is 9.73 Å². The van der Waals surface area contributed by atoms with E-state index < -0.39 is 18.3 Å². The number of alkyl halides is 1. The van der Waals surface area contributed by atoms with Crippen LogP contribution in [0.2, 0.25) is 0 Å². The van der Waals surface area contributed by atoms with Crippen molar-refractivity contribution < 1.29 is 13.9 Å². The molecule has 2 unspecified atom stereocenters. The van der Waals surface area contributed by atoms with Gasteiger partial charge in [0.05, 0.1) is 6.67 Å². The maximum Gasteiger partial charge on any atom is 0.331 e. The molecule has 4 heteroatoms. The van der Waals surface area contributed by atoms with Gasteiger partial charge in [0.2, 0.25) is 0 Å². The molecule has 2 bridgehead atoms. The maximum atomic E-state index is 12.6. The lowest BCUT2D eigenvalue weighted by molar-refractivity contribution is -0.156. The molecule has 0 aromatic rings. The molecule has 2 fully saturated rings. The molecule has 2 rings (SSSR count). The van der Waals surface area contributed by atoms with Crippen LogP contribution in [0.5, 0.6) is 0 Å².